The summed E-state index contributed by atoms with van der Waals surface area (Å²) in [7, 11) is 0. The summed E-state index contributed by atoms with van der Waals surface area (Å²) in [6.07, 6.45) is 2.41. The number of para-hydroxylation sites is 1. The van der Waals surface area contributed by atoms with Gasteiger partial charge in [0.15, 0.2) is 6.61 Å². The Labute approximate surface area is 158 Å². The molecule has 0 atom stereocenters. The predicted molar refractivity (Wildman–Crippen MR) is 96.7 cm³/mol. The number of benzene rings is 2. The molecule has 0 aliphatic heterocycles. The molecule has 2 aromatic carbocycles. The minimum Gasteiger partial charge on any atom is -0.452 e. The van der Waals surface area contributed by atoms with Gasteiger partial charge in [-0.05, 0) is 36.4 Å². The van der Waals surface area contributed by atoms with Gasteiger partial charge in [-0.1, -0.05) is 28.9 Å². The van der Waals surface area contributed by atoms with Gasteiger partial charge in [-0.25, -0.2) is 4.79 Å². The molecule has 1 heterocycles. The van der Waals surface area contributed by atoms with Gasteiger partial charge in [-0.3, -0.25) is 10.1 Å². The molecule has 0 unspecified atom stereocenters. The minimum atomic E-state index is -0.695. The molecule has 0 saturated heterocycles. The highest BCUT2D eigenvalue weighted by Crippen LogP contribution is 2.20. The van der Waals surface area contributed by atoms with Gasteiger partial charge in [-0.2, -0.15) is 4.98 Å². The molecule has 8 nitrogen and oxygen atoms in total. The monoisotopic (exact) mass is 385 g/mol. The smallest absolute Gasteiger partial charge is 0.331 e. The van der Waals surface area contributed by atoms with Crippen LogP contribution < -0.4 is 0 Å². The van der Waals surface area contributed by atoms with E-state index >= 15 is 0 Å². The molecular weight excluding hydrogens is 374 g/mol. The third-order valence-corrected chi connectivity index (χ3v) is 3.69. The van der Waals surface area contributed by atoms with Gasteiger partial charge < -0.3 is 9.26 Å². The fourth-order valence-corrected chi connectivity index (χ4v) is 2.29. The molecule has 0 saturated carbocycles. The molecule has 136 valence electrons. The van der Waals surface area contributed by atoms with Crippen molar-refractivity contribution in [1.29, 1.82) is 0 Å². The zero-order valence-corrected chi connectivity index (χ0v) is 14.5. The summed E-state index contributed by atoms with van der Waals surface area (Å²) in [6, 6.07) is 12.9. The fourth-order valence-electron chi connectivity index (χ4n) is 2.16. The van der Waals surface area contributed by atoms with E-state index in [9.17, 15) is 14.9 Å². The molecule has 27 heavy (non-hydrogen) atoms. The third-order valence-electron chi connectivity index (χ3n) is 3.44. The number of rotatable bonds is 6. The Bertz CT molecular complexity index is 998. The fraction of sp³-hybridized carbons (Fsp3) is 0.0556. The van der Waals surface area contributed by atoms with Gasteiger partial charge in [0.2, 0.25) is 5.82 Å². The van der Waals surface area contributed by atoms with E-state index in [1.54, 1.807) is 36.4 Å². The molecule has 0 radical (unpaired) electrons. The van der Waals surface area contributed by atoms with E-state index in [-0.39, 0.29) is 18.2 Å². The van der Waals surface area contributed by atoms with Crippen LogP contribution in [0.25, 0.3) is 17.5 Å². The van der Waals surface area contributed by atoms with Crippen molar-refractivity contribution >= 4 is 29.3 Å². The molecule has 0 spiro atoms. The molecule has 0 fully saturated rings. The van der Waals surface area contributed by atoms with Crippen LogP contribution in [0.4, 0.5) is 5.69 Å². The van der Waals surface area contributed by atoms with Crippen molar-refractivity contribution in [2.75, 3.05) is 0 Å². The number of carbonyl (C=O) groups is 1. The summed E-state index contributed by atoms with van der Waals surface area (Å²) in [4.78, 5) is 26.3. The number of nitrogens with zero attached hydrogens (tertiary/aromatic N) is 3. The first-order chi connectivity index (χ1) is 13.0. The van der Waals surface area contributed by atoms with Crippen LogP contribution >= 0.6 is 11.6 Å². The van der Waals surface area contributed by atoms with Crippen molar-refractivity contribution in [2.45, 2.75) is 6.61 Å². The number of nitro groups is 1. The molecule has 3 rings (SSSR count). The maximum absolute atomic E-state index is 11.8. The summed E-state index contributed by atoms with van der Waals surface area (Å²) in [5.74, 6) is -0.236. The van der Waals surface area contributed by atoms with Crippen LogP contribution in [0.2, 0.25) is 5.02 Å². The number of carbonyl (C=O) groups excluding carboxylic acids is 1. The van der Waals surface area contributed by atoms with E-state index in [0.29, 0.717) is 22.0 Å². The minimum absolute atomic E-state index is 0.106. The lowest BCUT2D eigenvalue weighted by molar-refractivity contribution is -0.385. The van der Waals surface area contributed by atoms with Crippen molar-refractivity contribution in [3.63, 3.8) is 0 Å². The summed E-state index contributed by atoms with van der Waals surface area (Å²) in [5.41, 5.74) is 0.894. The Morgan fingerprint density at radius 1 is 1.22 bits per heavy atom. The molecule has 0 N–H and O–H groups in total. The lowest BCUT2D eigenvalue weighted by Gasteiger charge is -1.98. The van der Waals surface area contributed by atoms with Crippen LogP contribution in [0.15, 0.2) is 59.1 Å². The van der Waals surface area contributed by atoms with Gasteiger partial charge in [0, 0.05) is 22.7 Å². The molecule has 3 aromatic rings. The van der Waals surface area contributed by atoms with Crippen molar-refractivity contribution in [1.82, 2.24) is 10.1 Å². The van der Waals surface area contributed by atoms with Crippen molar-refractivity contribution in [3.8, 4) is 11.4 Å². The average molecular weight is 386 g/mol. The SMILES string of the molecule is O=C(/C=C/c1ccccc1[N+](=O)[O-])OCc1nc(-c2ccc(Cl)cc2)no1. The highest BCUT2D eigenvalue weighted by atomic mass is 35.5. The molecule has 0 amide bonds. The van der Waals surface area contributed by atoms with Crippen LogP contribution in [-0.2, 0) is 16.1 Å². The lowest BCUT2D eigenvalue weighted by Crippen LogP contribution is -2.01. The zero-order valence-electron chi connectivity index (χ0n) is 13.7. The van der Waals surface area contributed by atoms with Gasteiger partial charge in [-0.15, -0.1) is 0 Å². The summed E-state index contributed by atoms with van der Waals surface area (Å²) < 4.78 is 10.0. The molecule has 0 bridgehead atoms. The molecule has 1 aromatic heterocycles. The molecule has 9 heteroatoms. The first kappa shape index (κ1) is 18.3. The number of halogens is 1. The van der Waals surface area contributed by atoms with Gasteiger partial charge in [0.25, 0.3) is 11.6 Å². The van der Waals surface area contributed by atoms with Crippen LogP contribution in [-0.4, -0.2) is 21.0 Å². The Morgan fingerprint density at radius 2 is 1.96 bits per heavy atom. The number of esters is 1. The standard InChI is InChI=1S/C18H12ClN3O5/c19-14-8-5-13(6-9-14)18-20-16(27-21-18)11-26-17(23)10-7-12-3-1-2-4-15(12)22(24)25/h1-10H,11H2/b10-7+. The second-order valence-corrected chi connectivity index (χ2v) is 5.71. The topological polar surface area (TPSA) is 108 Å². The highest BCUT2D eigenvalue weighted by Gasteiger charge is 2.12. The van der Waals surface area contributed by atoms with Crippen molar-refractivity contribution in [2.24, 2.45) is 0 Å². The van der Waals surface area contributed by atoms with Crippen molar-refractivity contribution in [3.05, 3.63) is 81.2 Å². The van der Waals surface area contributed by atoms with E-state index in [2.05, 4.69) is 10.1 Å². The maximum atomic E-state index is 11.8. The summed E-state index contributed by atoms with van der Waals surface area (Å²) in [6.45, 7) is -0.222. The number of aromatic nitrogens is 2. The molecule has 0 aliphatic rings. The normalized spacial score (nSPS) is 10.9. The van der Waals surface area contributed by atoms with E-state index < -0.39 is 10.9 Å². The van der Waals surface area contributed by atoms with Gasteiger partial charge >= 0.3 is 5.97 Å². The van der Waals surface area contributed by atoms with E-state index in [0.717, 1.165) is 6.08 Å². The van der Waals surface area contributed by atoms with E-state index in [1.165, 1.54) is 18.2 Å². The average Bonchev–Trinajstić information content (AvgIpc) is 3.14. The second kappa shape index (κ2) is 8.24. The quantitative estimate of drug-likeness (QED) is 0.272. The number of ether oxygens (including phenoxy) is 1. The Kier molecular flexibility index (Phi) is 5.58. The Morgan fingerprint density at radius 3 is 2.70 bits per heavy atom. The third kappa shape index (κ3) is 4.77. The van der Waals surface area contributed by atoms with Gasteiger partial charge in [0.1, 0.15) is 0 Å². The summed E-state index contributed by atoms with van der Waals surface area (Å²) in [5, 5.41) is 15.3. The largest absolute Gasteiger partial charge is 0.452 e. The predicted octanol–water partition coefficient (Wildman–Crippen LogP) is 4.05. The maximum Gasteiger partial charge on any atom is 0.331 e. The zero-order chi connectivity index (χ0) is 19.2. The van der Waals surface area contributed by atoms with Crippen LogP contribution in [0.5, 0.6) is 0 Å². The second-order valence-electron chi connectivity index (χ2n) is 5.28. The van der Waals surface area contributed by atoms with Gasteiger partial charge in [0.05, 0.1) is 10.5 Å². The van der Waals surface area contributed by atoms with Crippen molar-refractivity contribution < 1.29 is 19.0 Å². The Hall–Kier alpha value is -3.52. The summed E-state index contributed by atoms with van der Waals surface area (Å²) >= 11 is 5.82. The Balaban J connectivity index is 1.60. The van der Waals surface area contributed by atoms with E-state index in [4.69, 9.17) is 20.9 Å². The first-order valence-corrected chi connectivity index (χ1v) is 8.07. The number of hydrogen-bond donors (Lipinski definition) is 0. The number of hydrogen-bond acceptors (Lipinski definition) is 7. The number of nitro benzene ring substituents is 1. The first-order valence-electron chi connectivity index (χ1n) is 7.70. The van der Waals surface area contributed by atoms with Crippen LogP contribution in [0, 0.1) is 10.1 Å². The van der Waals surface area contributed by atoms with E-state index in [1.807, 2.05) is 0 Å². The van der Waals surface area contributed by atoms with Crippen LogP contribution in [0.3, 0.4) is 0 Å². The highest BCUT2D eigenvalue weighted by molar-refractivity contribution is 6.30. The van der Waals surface area contributed by atoms with Crippen LogP contribution in [0.1, 0.15) is 11.5 Å². The molecular formula is C18H12ClN3O5. The molecule has 0 aliphatic carbocycles. The lowest BCUT2D eigenvalue weighted by atomic mass is 10.1.